The van der Waals surface area contributed by atoms with Crippen LogP contribution in [0, 0.1) is 0 Å². The summed E-state index contributed by atoms with van der Waals surface area (Å²) < 4.78 is 0. The summed E-state index contributed by atoms with van der Waals surface area (Å²) in [6.07, 6.45) is 29.6. The van der Waals surface area contributed by atoms with E-state index < -0.39 is 0 Å². The van der Waals surface area contributed by atoms with Crippen LogP contribution in [0.25, 0.3) is 0 Å². The van der Waals surface area contributed by atoms with Gasteiger partial charge < -0.3 is 0 Å². The third kappa shape index (κ3) is 4.17. The van der Waals surface area contributed by atoms with Crippen LogP contribution in [0.4, 0.5) is 0 Å². The smallest absolute Gasteiger partial charge is 0.0000245 e. The normalized spacial score (nSPS) is 21.7. The predicted molar refractivity (Wildman–Crippen MR) is 110 cm³/mol. The van der Waals surface area contributed by atoms with Crippen molar-refractivity contribution < 1.29 is 0 Å². The zero-order valence-electron chi connectivity index (χ0n) is 13.8. The summed E-state index contributed by atoms with van der Waals surface area (Å²) in [6, 6.07) is 0. The van der Waals surface area contributed by atoms with E-state index in [1.165, 1.54) is 32.5 Å². The van der Waals surface area contributed by atoms with Gasteiger partial charge in [0.25, 0.3) is 0 Å². The van der Waals surface area contributed by atoms with E-state index in [2.05, 4.69) is 60.8 Å². The number of thioether (sulfide) groups is 2. The monoisotopic (exact) mass is 350 g/mol. The van der Waals surface area contributed by atoms with E-state index in [-0.39, 0.29) is 0 Å². The van der Waals surface area contributed by atoms with Gasteiger partial charge in [-0.1, -0.05) is 95.4 Å². The minimum atomic E-state index is 1.11. The molecule has 2 heteroatoms. The van der Waals surface area contributed by atoms with Crippen LogP contribution in [-0.2, 0) is 0 Å². The highest BCUT2D eigenvalue weighted by molar-refractivity contribution is 8.07. The molecule has 0 spiro atoms. The Labute approximate surface area is 153 Å². The highest BCUT2D eigenvalue weighted by Crippen LogP contribution is 2.40. The minimum absolute atomic E-state index is 1.11. The van der Waals surface area contributed by atoms with E-state index in [9.17, 15) is 0 Å². The van der Waals surface area contributed by atoms with Gasteiger partial charge in [-0.15, -0.1) is 0 Å². The number of hydrogen-bond donors (Lipinski definition) is 0. The van der Waals surface area contributed by atoms with Gasteiger partial charge in [0, 0.05) is 0 Å². The molecule has 0 aromatic heterocycles. The Bertz CT molecular complexity index is 698. The maximum atomic E-state index is 2.35. The van der Waals surface area contributed by atoms with Crippen molar-refractivity contribution in [3.63, 3.8) is 0 Å². The van der Waals surface area contributed by atoms with Gasteiger partial charge in [-0.3, -0.25) is 0 Å². The van der Waals surface area contributed by atoms with Crippen LogP contribution in [0.15, 0.2) is 91.5 Å². The van der Waals surface area contributed by atoms with Crippen molar-refractivity contribution in [1.82, 2.24) is 0 Å². The van der Waals surface area contributed by atoms with E-state index in [0.717, 1.165) is 25.7 Å². The molecule has 122 valence electrons. The molecular weight excluding hydrogens is 328 g/mol. The van der Waals surface area contributed by atoms with Gasteiger partial charge >= 0.3 is 0 Å². The van der Waals surface area contributed by atoms with Crippen molar-refractivity contribution in [1.29, 1.82) is 0 Å². The molecule has 0 radical (unpaired) electrons. The molecule has 0 atom stereocenters. The fourth-order valence-corrected chi connectivity index (χ4v) is 5.37. The Morgan fingerprint density at radius 3 is 1.50 bits per heavy atom. The first-order chi connectivity index (χ1) is 11.8. The van der Waals surface area contributed by atoms with Crippen LogP contribution >= 0.6 is 23.5 Å². The molecule has 0 N–H and O–H groups in total. The minimum Gasteiger partial charge on any atom is -0.0983 e. The molecule has 0 nitrogen and oxygen atoms in total. The largest absolute Gasteiger partial charge is 0.0983 e. The third-order valence-corrected chi connectivity index (χ3v) is 6.79. The van der Waals surface area contributed by atoms with E-state index in [1.54, 1.807) is 11.1 Å². The Balaban J connectivity index is 1.16. The lowest BCUT2D eigenvalue weighted by Crippen LogP contribution is -1.86. The van der Waals surface area contributed by atoms with Crippen molar-refractivity contribution in [3.05, 3.63) is 91.5 Å². The highest BCUT2D eigenvalue weighted by Gasteiger charge is 2.15. The molecule has 24 heavy (non-hydrogen) atoms. The molecule has 0 aromatic carbocycles. The fourth-order valence-electron chi connectivity index (χ4n) is 3.25. The highest BCUT2D eigenvalue weighted by atomic mass is 32.2. The lowest BCUT2D eigenvalue weighted by Gasteiger charge is -2.08. The van der Waals surface area contributed by atoms with Gasteiger partial charge in [-0.2, -0.15) is 0 Å². The van der Waals surface area contributed by atoms with Gasteiger partial charge in [-0.25, -0.2) is 0 Å². The molecule has 0 aliphatic heterocycles. The van der Waals surface area contributed by atoms with Gasteiger partial charge in [0.2, 0.25) is 0 Å². The quantitative estimate of drug-likeness (QED) is 0.471. The molecule has 0 fully saturated rings. The van der Waals surface area contributed by atoms with Crippen molar-refractivity contribution in [3.8, 4) is 0 Å². The zero-order valence-corrected chi connectivity index (χ0v) is 15.5. The van der Waals surface area contributed by atoms with Gasteiger partial charge in [0.15, 0.2) is 0 Å². The zero-order chi connectivity index (χ0) is 16.2. The van der Waals surface area contributed by atoms with Gasteiger partial charge in [0.1, 0.15) is 0 Å². The first-order valence-corrected chi connectivity index (χ1v) is 10.3. The number of allylic oxidation sites excluding steroid dienone is 16. The number of hydrogen-bond acceptors (Lipinski definition) is 2. The van der Waals surface area contributed by atoms with E-state index in [1.807, 2.05) is 23.5 Å². The maximum Gasteiger partial charge on any atom is -0.0000245 e. The first-order valence-electron chi connectivity index (χ1n) is 8.69. The van der Waals surface area contributed by atoms with Gasteiger partial charge in [-0.05, 0) is 58.1 Å². The summed E-state index contributed by atoms with van der Waals surface area (Å²) in [6.45, 7) is 0. The standard InChI is InChI=1S/C22H22S2/c1-2-6-19(5-1)23-21-13-11-17(15-21)9-10-18-12-14-22(16-18)24-20-7-3-4-8-20/h1-5,7,11-14H,6,8-10,15-16H2. The molecule has 4 rings (SSSR count). The van der Waals surface area contributed by atoms with E-state index >= 15 is 0 Å². The molecular formula is C22H22S2. The lowest BCUT2D eigenvalue weighted by molar-refractivity contribution is 0.885. The van der Waals surface area contributed by atoms with E-state index in [4.69, 9.17) is 0 Å². The number of rotatable bonds is 7. The molecule has 0 bridgehead atoms. The van der Waals surface area contributed by atoms with Crippen LogP contribution < -0.4 is 0 Å². The van der Waals surface area contributed by atoms with E-state index in [0.29, 0.717) is 0 Å². The fraction of sp³-hybridized carbons (Fsp3) is 0.273. The summed E-state index contributed by atoms with van der Waals surface area (Å²) >= 11 is 3.92. The summed E-state index contributed by atoms with van der Waals surface area (Å²) in [5, 5.41) is 0. The second-order valence-corrected chi connectivity index (χ2v) is 9.01. The lowest BCUT2D eigenvalue weighted by atomic mass is 10.0. The van der Waals surface area contributed by atoms with Crippen molar-refractivity contribution in [2.24, 2.45) is 0 Å². The van der Waals surface area contributed by atoms with Crippen LogP contribution in [0.3, 0.4) is 0 Å². The van der Waals surface area contributed by atoms with Crippen LogP contribution in [0.5, 0.6) is 0 Å². The molecule has 0 heterocycles. The Morgan fingerprint density at radius 1 is 0.583 bits per heavy atom. The summed E-state index contributed by atoms with van der Waals surface area (Å²) in [4.78, 5) is 5.98. The Morgan fingerprint density at radius 2 is 1.08 bits per heavy atom. The summed E-state index contributed by atoms with van der Waals surface area (Å²) in [5.41, 5.74) is 3.18. The molecule has 0 unspecified atom stereocenters. The van der Waals surface area contributed by atoms with Crippen molar-refractivity contribution >= 4 is 23.5 Å². The second kappa shape index (κ2) is 7.67. The average molecular weight is 351 g/mol. The van der Waals surface area contributed by atoms with Crippen molar-refractivity contribution in [2.45, 2.75) is 38.5 Å². The first kappa shape index (κ1) is 16.1. The van der Waals surface area contributed by atoms with Crippen LogP contribution in [0.1, 0.15) is 38.5 Å². The Kier molecular flexibility index (Phi) is 5.15. The molecule has 0 amide bonds. The third-order valence-electron chi connectivity index (χ3n) is 4.58. The summed E-state index contributed by atoms with van der Waals surface area (Å²) in [5.74, 6) is 0. The molecule has 0 aromatic rings. The maximum absolute atomic E-state index is 2.35. The molecule has 4 aliphatic carbocycles. The molecule has 0 saturated carbocycles. The van der Waals surface area contributed by atoms with Crippen LogP contribution in [0.2, 0.25) is 0 Å². The molecule has 4 aliphatic rings. The Hall–Kier alpha value is -1.38. The topological polar surface area (TPSA) is 0 Å². The predicted octanol–water partition coefficient (Wildman–Crippen LogP) is 7.35. The van der Waals surface area contributed by atoms with Crippen LogP contribution in [-0.4, -0.2) is 0 Å². The summed E-state index contributed by atoms with van der Waals surface area (Å²) in [7, 11) is 0. The SMILES string of the molecule is C1=CCC(SC2=CC=C(CCC3=CC=C(SC4=CC=CC4)C3)C2)=C1. The molecule has 0 saturated heterocycles. The second-order valence-electron chi connectivity index (χ2n) is 6.50. The van der Waals surface area contributed by atoms with Crippen molar-refractivity contribution in [2.75, 3.05) is 0 Å². The average Bonchev–Trinajstić information content (AvgIpc) is 3.35. The van der Waals surface area contributed by atoms with Gasteiger partial charge in [0.05, 0.1) is 0 Å².